The number of unbranched alkanes of at least 4 members (excludes halogenated alkanes) is 7. The lowest BCUT2D eigenvalue weighted by molar-refractivity contribution is -0.141. The van der Waals surface area contributed by atoms with E-state index in [0.717, 1.165) is 24.8 Å². The van der Waals surface area contributed by atoms with Crippen LogP contribution in [0.2, 0.25) is 0 Å². The Hall–Kier alpha value is -2.04. The van der Waals surface area contributed by atoms with Gasteiger partial charge in [-0.3, -0.25) is 4.79 Å². The van der Waals surface area contributed by atoms with E-state index in [2.05, 4.69) is 12.2 Å². The molecule has 5 heteroatoms. The molecule has 25 heavy (non-hydrogen) atoms. The Morgan fingerprint density at radius 1 is 0.960 bits per heavy atom. The van der Waals surface area contributed by atoms with Crippen molar-refractivity contribution in [2.75, 3.05) is 0 Å². The third-order valence-electron chi connectivity index (χ3n) is 4.27. The van der Waals surface area contributed by atoms with Gasteiger partial charge in [-0.1, -0.05) is 64.0 Å². The largest absolute Gasteiger partial charge is 0.508 e. The molecular formula is C20H31NO4. The number of carboxylic acids is 1. The molecule has 0 aromatic heterocycles. The van der Waals surface area contributed by atoms with E-state index in [4.69, 9.17) is 0 Å². The molecule has 1 amide bonds. The quantitative estimate of drug-likeness (QED) is 0.469. The Balaban J connectivity index is 2.25. The zero-order chi connectivity index (χ0) is 18.5. The van der Waals surface area contributed by atoms with Crippen LogP contribution in [-0.4, -0.2) is 28.1 Å². The van der Waals surface area contributed by atoms with Crippen molar-refractivity contribution in [3.8, 4) is 5.75 Å². The number of rotatable bonds is 13. The second-order valence-electron chi connectivity index (χ2n) is 6.55. The van der Waals surface area contributed by atoms with Gasteiger partial charge in [0.25, 0.3) is 0 Å². The molecule has 0 aliphatic rings. The van der Waals surface area contributed by atoms with Gasteiger partial charge >= 0.3 is 5.97 Å². The average Bonchev–Trinajstić information content (AvgIpc) is 2.58. The maximum absolute atomic E-state index is 12.0. The number of carbonyl (C=O) groups excluding carboxylic acids is 1. The third-order valence-corrected chi connectivity index (χ3v) is 4.27. The number of aliphatic carboxylic acids is 1. The van der Waals surface area contributed by atoms with Crippen molar-refractivity contribution in [1.29, 1.82) is 0 Å². The summed E-state index contributed by atoms with van der Waals surface area (Å²) in [4.78, 5) is 23.3. The topological polar surface area (TPSA) is 86.6 Å². The Bertz CT molecular complexity index is 513. The number of hydrogen-bond donors (Lipinski definition) is 3. The molecule has 0 unspecified atom stereocenters. The number of hydrogen-bond acceptors (Lipinski definition) is 3. The third kappa shape index (κ3) is 9.75. The monoisotopic (exact) mass is 349 g/mol. The number of nitrogens with one attached hydrogen (secondary N) is 1. The van der Waals surface area contributed by atoms with Crippen LogP contribution in [0, 0.1) is 0 Å². The first-order chi connectivity index (χ1) is 12.0. The minimum Gasteiger partial charge on any atom is -0.508 e. The van der Waals surface area contributed by atoms with Crippen LogP contribution in [0.3, 0.4) is 0 Å². The first-order valence-corrected chi connectivity index (χ1v) is 9.33. The summed E-state index contributed by atoms with van der Waals surface area (Å²) in [6.45, 7) is 2.20. The highest BCUT2D eigenvalue weighted by Gasteiger charge is 2.20. The molecule has 140 valence electrons. The summed E-state index contributed by atoms with van der Waals surface area (Å²) in [6.07, 6.45) is 9.80. The van der Waals surface area contributed by atoms with Crippen molar-refractivity contribution >= 4 is 11.9 Å². The van der Waals surface area contributed by atoms with Crippen molar-refractivity contribution in [3.05, 3.63) is 29.8 Å². The molecule has 1 aromatic carbocycles. The molecule has 0 saturated carbocycles. The first kappa shape index (κ1) is 21.0. The molecule has 0 spiro atoms. The van der Waals surface area contributed by atoms with E-state index in [-0.39, 0.29) is 18.1 Å². The number of carbonyl (C=O) groups is 2. The van der Waals surface area contributed by atoms with E-state index >= 15 is 0 Å². The zero-order valence-corrected chi connectivity index (χ0v) is 15.2. The second-order valence-corrected chi connectivity index (χ2v) is 6.55. The van der Waals surface area contributed by atoms with Gasteiger partial charge in [0.1, 0.15) is 11.8 Å². The summed E-state index contributed by atoms with van der Waals surface area (Å²) in [6, 6.07) is 5.41. The fraction of sp³-hybridized carbons (Fsp3) is 0.600. The summed E-state index contributed by atoms with van der Waals surface area (Å²) < 4.78 is 0. The maximum atomic E-state index is 12.0. The Morgan fingerprint density at radius 3 is 2.08 bits per heavy atom. The highest BCUT2D eigenvalue weighted by atomic mass is 16.4. The van der Waals surface area contributed by atoms with E-state index in [1.807, 2.05) is 0 Å². The van der Waals surface area contributed by atoms with Crippen molar-refractivity contribution in [1.82, 2.24) is 5.32 Å². The number of amides is 1. The van der Waals surface area contributed by atoms with Gasteiger partial charge in [0.15, 0.2) is 0 Å². The fourth-order valence-electron chi connectivity index (χ4n) is 2.75. The Kier molecular flexibility index (Phi) is 10.4. The first-order valence-electron chi connectivity index (χ1n) is 9.33. The van der Waals surface area contributed by atoms with Crippen LogP contribution in [0.5, 0.6) is 5.75 Å². The number of phenols is 1. The van der Waals surface area contributed by atoms with E-state index in [1.165, 1.54) is 44.2 Å². The molecule has 1 atom stereocenters. The Labute approximate surface area is 150 Å². The van der Waals surface area contributed by atoms with Gasteiger partial charge in [0.05, 0.1) is 0 Å². The van der Waals surface area contributed by atoms with E-state index in [0.29, 0.717) is 6.42 Å². The number of phenolic OH excluding ortho intramolecular Hbond substituents is 1. The molecule has 1 rings (SSSR count). The molecule has 3 N–H and O–H groups in total. The smallest absolute Gasteiger partial charge is 0.326 e. The van der Waals surface area contributed by atoms with E-state index < -0.39 is 12.0 Å². The van der Waals surface area contributed by atoms with Gasteiger partial charge in [-0.05, 0) is 24.1 Å². The lowest BCUT2D eigenvalue weighted by Crippen LogP contribution is -2.42. The minimum atomic E-state index is -1.04. The van der Waals surface area contributed by atoms with E-state index in [1.54, 1.807) is 12.1 Å². The van der Waals surface area contributed by atoms with Crippen molar-refractivity contribution in [2.45, 2.75) is 77.2 Å². The van der Waals surface area contributed by atoms with Crippen LogP contribution in [0.4, 0.5) is 0 Å². The average molecular weight is 349 g/mol. The Morgan fingerprint density at radius 2 is 1.52 bits per heavy atom. The van der Waals surface area contributed by atoms with Crippen molar-refractivity contribution in [2.24, 2.45) is 0 Å². The van der Waals surface area contributed by atoms with Crippen molar-refractivity contribution in [3.63, 3.8) is 0 Å². The second kappa shape index (κ2) is 12.3. The molecule has 0 saturated heterocycles. The molecule has 0 heterocycles. The van der Waals surface area contributed by atoms with Crippen molar-refractivity contribution < 1.29 is 19.8 Å². The lowest BCUT2D eigenvalue weighted by atomic mass is 10.0. The lowest BCUT2D eigenvalue weighted by Gasteiger charge is -2.14. The minimum absolute atomic E-state index is 0.134. The summed E-state index contributed by atoms with van der Waals surface area (Å²) in [5.74, 6) is -1.12. The maximum Gasteiger partial charge on any atom is 0.326 e. The predicted octanol–water partition coefficient (Wildman–Crippen LogP) is 4.03. The fourth-order valence-corrected chi connectivity index (χ4v) is 2.75. The van der Waals surface area contributed by atoms with Gasteiger partial charge in [0, 0.05) is 12.8 Å². The molecule has 0 aliphatic carbocycles. The van der Waals surface area contributed by atoms with Gasteiger partial charge in [-0.15, -0.1) is 0 Å². The van der Waals surface area contributed by atoms with Crippen LogP contribution >= 0.6 is 0 Å². The van der Waals surface area contributed by atoms with Gasteiger partial charge < -0.3 is 15.5 Å². The van der Waals surface area contributed by atoms with Gasteiger partial charge in [-0.2, -0.15) is 0 Å². The highest BCUT2D eigenvalue weighted by Crippen LogP contribution is 2.12. The van der Waals surface area contributed by atoms with Crippen LogP contribution < -0.4 is 5.32 Å². The number of carboxylic acid groups (broad SMARTS) is 1. The summed E-state index contributed by atoms with van der Waals surface area (Å²) >= 11 is 0. The predicted molar refractivity (Wildman–Crippen MR) is 98.6 cm³/mol. The van der Waals surface area contributed by atoms with Crippen LogP contribution in [0.25, 0.3) is 0 Å². The van der Waals surface area contributed by atoms with Gasteiger partial charge in [-0.25, -0.2) is 4.79 Å². The number of benzene rings is 1. The molecule has 0 aliphatic heterocycles. The summed E-state index contributed by atoms with van der Waals surface area (Å²) in [5, 5.41) is 21.1. The molecule has 0 bridgehead atoms. The summed E-state index contributed by atoms with van der Waals surface area (Å²) in [7, 11) is 0. The normalized spacial score (nSPS) is 11.9. The number of aromatic hydroxyl groups is 1. The van der Waals surface area contributed by atoms with Crippen LogP contribution in [-0.2, 0) is 16.0 Å². The van der Waals surface area contributed by atoms with Crippen LogP contribution in [0.15, 0.2) is 24.3 Å². The van der Waals surface area contributed by atoms with E-state index in [9.17, 15) is 19.8 Å². The standard InChI is InChI=1S/C20H31NO4/c1-2-3-4-5-6-7-8-9-10-19(23)21-18(20(24)25)15-16-11-13-17(22)14-12-16/h11-14,18,22H,2-10,15H2,1H3,(H,21,23)(H,24,25)/t18-/m0/s1. The molecule has 5 nitrogen and oxygen atoms in total. The van der Waals surface area contributed by atoms with Gasteiger partial charge in [0.2, 0.25) is 5.91 Å². The molecule has 1 aromatic rings. The SMILES string of the molecule is CCCCCCCCCCC(=O)N[C@@H](Cc1ccc(O)cc1)C(=O)O. The zero-order valence-electron chi connectivity index (χ0n) is 15.2. The summed E-state index contributed by atoms with van der Waals surface area (Å²) in [5.41, 5.74) is 0.762. The van der Waals surface area contributed by atoms with Crippen LogP contribution in [0.1, 0.15) is 70.3 Å². The molecular weight excluding hydrogens is 318 g/mol. The molecule has 0 fully saturated rings. The highest BCUT2D eigenvalue weighted by molar-refractivity contribution is 5.83. The molecule has 0 radical (unpaired) electrons.